The number of nitrogens with two attached hydrogens (primary N) is 1. The summed E-state index contributed by atoms with van der Waals surface area (Å²) in [5.41, 5.74) is 8.60. The number of para-hydroxylation sites is 1. The maximum absolute atomic E-state index is 9.02. The molecule has 4 nitrogen and oxygen atoms in total. The molecule has 0 aliphatic rings. The molecule has 0 unspecified atom stereocenters. The zero-order valence-electron chi connectivity index (χ0n) is 9.74. The molecule has 0 saturated heterocycles. The van der Waals surface area contributed by atoms with Gasteiger partial charge in [-0.25, -0.2) is 4.98 Å². The number of anilines is 3. The average molecular weight is 303 g/mol. The summed E-state index contributed by atoms with van der Waals surface area (Å²) in [6, 6.07) is 9.40. The second kappa shape index (κ2) is 5.07. The molecule has 0 atom stereocenters. The molecule has 0 radical (unpaired) electrons. The molecule has 0 amide bonds. The van der Waals surface area contributed by atoms with Gasteiger partial charge in [0.25, 0.3) is 0 Å². The third-order valence-electron chi connectivity index (χ3n) is 2.60. The Kier molecular flexibility index (Phi) is 3.49. The van der Waals surface area contributed by atoms with Gasteiger partial charge in [0.15, 0.2) is 0 Å². The van der Waals surface area contributed by atoms with E-state index in [0.717, 1.165) is 15.7 Å². The first-order valence-electron chi connectivity index (χ1n) is 5.30. The maximum atomic E-state index is 9.02. The number of nitrogen functional groups attached to an aromatic ring is 1. The van der Waals surface area contributed by atoms with Crippen molar-refractivity contribution >= 4 is 33.1 Å². The molecule has 0 saturated carbocycles. The number of hydrogen-bond donors (Lipinski definition) is 2. The molecule has 1 heterocycles. The number of pyridine rings is 1. The maximum Gasteiger partial charge on any atom is 0.145 e. The number of rotatable bonds is 2. The van der Waals surface area contributed by atoms with Gasteiger partial charge in [-0.15, -0.1) is 0 Å². The van der Waals surface area contributed by atoms with Crippen molar-refractivity contribution in [3.8, 4) is 6.07 Å². The monoisotopic (exact) mass is 302 g/mol. The van der Waals surface area contributed by atoms with Crippen LogP contribution < -0.4 is 11.1 Å². The van der Waals surface area contributed by atoms with Crippen molar-refractivity contribution in [2.75, 3.05) is 11.1 Å². The van der Waals surface area contributed by atoms with Crippen LogP contribution in [-0.4, -0.2) is 4.98 Å². The summed E-state index contributed by atoms with van der Waals surface area (Å²) < 4.78 is 0.801. The molecule has 18 heavy (non-hydrogen) atoms. The molecule has 0 aliphatic carbocycles. The van der Waals surface area contributed by atoms with Crippen molar-refractivity contribution in [2.24, 2.45) is 0 Å². The van der Waals surface area contributed by atoms with E-state index in [1.54, 1.807) is 12.3 Å². The van der Waals surface area contributed by atoms with E-state index in [1.165, 1.54) is 0 Å². The summed E-state index contributed by atoms with van der Waals surface area (Å²) in [7, 11) is 0. The number of aromatic nitrogens is 1. The van der Waals surface area contributed by atoms with Crippen LogP contribution in [0.1, 0.15) is 11.1 Å². The number of halogens is 1. The minimum atomic E-state index is 0.570. The van der Waals surface area contributed by atoms with Crippen LogP contribution in [0.5, 0.6) is 0 Å². The van der Waals surface area contributed by atoms with Crippen LogP contribution in [0.15, 0.2) is 34.9 Å². The fourth-order valence-corrected chi connectivity index (χ4v) is 1.93. The molecule has 5 heteroatoms. The van der Waals surface area contributed by atoms with Gasteiger partial charge in [0.2, 0.25) is 0 Å². The highest BCUT2D eigenvalue weighted by Gasteiger charge is 2.09. The van der Waals surface area contributed by atoms with Crippen LogP contribution >= 0.6 is 15.9 Å². The highest BCUT2D eigenvalue weighted by atomic mass is 79.9. The van der Waals surface area contributed by atoms with Gasteiger partial charge in [0, 0.05) is 0 Å². The zero-order valence-corrected chi connectivity index (χ0v) is 11.3. The molecule has 0 aliphatic heterocycles. The van der Waals surface area contributed by atoms with Crippen molar-refractivity contribution in [3.05, 3.63) is 46.1 Å². The number of benzene rings is 1. The van der Waals surface area contributed by atoms with Crippen molar-refractivity contribution in [2.45, 2.75) is 6.92 Å². The van der Waals surface area contributed by atoms with Gasteiger partial charge < -0.3 is 11.1 Å². The van der Waals surface area contributed by atoms with E-state index in [9.17, 15) is 0 Å². The van der Waals surface area contributed by atoms with Crippen molar-refractivity contribution < 1.29 is 0 Å². The third-order valence-corrected chi connectivity index (χ3v) is 3.57. The molecule has 0 fully saturated rings. The molecule has 1 aromatic heterocycles. The molecular weight excluding hydrogens is 292 g/mol. The van der Waals surface area contributed by atoms with Gasteiger partial charge in [-0.1, -0.05) is 12.1 Å². The summed E-state index contributed by atoms with van der Waals surface area (Å²) >= 11 is 3.45. The van der Waals surface area contributed by atoms with Gasteiger partial charge in [-0.2, -0.15) is 5.26 Å². The second-order valence-electron chi connectivity index (χ2n) is 3.78. The molecule has 1 aromatic carbocycles. The lowest BCUT2D eigenvalue weighted by Gasteiger charge is -2.11. The minimum absolute atomic E-state index is 0.570. The van der Waals surface area contributed by atoms with E-state index < -0.39 is 0 Å². The lowest BCUT2D eigenvalue weighted by molar-refractivity contribution is 1.25. The van der Waals surface area contributed by atoms with Crippen LogP contribution in [0.25, 0.3) is 0 Å². The number of nitriles is 1. The van der Waals surface area contributed by atoms with Crippen molar-refractivity contribution in [3.63, 3.8) is 0 Å². The molecule has 0 bridgehead atoms. The Balaban J connectivity index is 2.41. The number of nitrogens with zero attached hydrogens (tertiary/aromatic N) is 2. The summed E-state index contributed by atoms with van der Waals surface area (Å²) in [5, 5.41) is 12.1. The Labute approximate surface area is 114 Å². The van der Waals surface area contributed by atoms with Gasteiger partial charge in [0.1, 0.15) is 11.9 Å². The SMILES string of the molecule is Cc1c(N)cnc(Nc2ccccc2C#N)c1Br. The van der Waals surface area contributed by atoms with E-state index in [2.05, 4.69) is 32.3 Å². The smallest absolute Gasteiger partial charge is 0.145 e. The topological polar surface area (TPSA) is 74.7 Å². The fraction of sp³-hybridized carbons (Fsp3) is 0.0769. The van der Waals surface area contributed by atoms with Crippen LogP contribution in [-0.2, 0) is 0 Å². The van der Waals surface area contributed by atoms with E-state index in [0.29, 0.717) is 17.1 Å². The normalized spacial score (nSPS) is 9.83. The predicted octanol–water partition coefficient (Wildman–Crippen LogP) is 3.35. The highest BCUT2D eigenvalue weighted by molar-refractivity contribution is 9.10. The molecule has 90 valence electrons. The molecular formula is C13H11BrN4. The minimum Gasteiger partial charge on any atom is -0.397 e. The van der Waals surface area contributed by atoms with E-state index in [1.807, 2.05) is 25.1 Å². The first kappa shape index (κ1) is 12.4. The van der Waals surface area contributed by atoms with Gasteiger partial charge in [0.05, 0.1) is 27.6 Å². The number of hydrogen-bond acceptors (Lipinski definition) is 4. The quantitative estimate of drug-likeness (QED) is 0.892. The summed E-state index contributed by atoms with van der Waals surface area (Å²) in [6.07, 6.45) is 1.59. The zero-order chi connectivity index (χ0) is 13.1. The lowest BCUT2D eigenvalue weighted by atomic mass is 10.2. The van der Waals surface area contributed by atoms with E-state index >= 15 is 0 Å². The van der Waals surface area contributed by atoms with Crippen LogP contribution in [0.3, 0.4) is 0 Å². The fourth-order valence-electron chi connectivity index (χ4n) is 1.50. The van der Waals surface area contributed by atoms with Crippen molar-refractivity contribution in [1.29, 1.82) is 5.26 Å². The third kappa shape index (κ3) is 2.29. The Morgan fingerprint density at radius 1 is 1.39 bits per heavy atom. The Hall–Kier alpha value is -2.06. The number of nitrogens with one attached hydrogen (secondary N) is 1. The van der Waals surface area contributed by atoms with Crippen molar-refractivity contribution in [1.82, 2.24) is 4.98 Å². The highest BCUT2D eigenvalue weighted by Crippen LogP contribution is 2.30. The average Bonchev–Trinajstić information content (AvgIpc) is 2.40. The molecule has 2 aromatic rings. The van der Waals surface area contributed by atoms with E-state index in [4.69, 9.17) is 11.0 Å². The van der Waals surface area contributed by atoms with E-state index in [-0.39, 0.29) is 0 Å². The molecule has 2 rings (SSSR count). The van der Waals surface area contributed by atoms with Gasteiger partial charge >= 0.3 is 0 Å². The van der Waals surface area contributed by atoms with Crippen LogP contribution in [0, 0.1) is 18.3 Å². The summed E-state index contributed by atoms with van der Waals surface area (Å²) in [6.45, 7) is 1.91. The molecule has 3 N–H and O–H groups in total. The standard InChI is InChI=1S/C13H11BrN4/c1-8-10(16)7-17-13(12(8)14)18-11-5-3-2-4-9(11)6-15/h2-5,7H,16H2,1H3,(H,17,18). The first-order chi connectivity index (χ1) is 8.63. The lowest BCUT2D eigenvalue weighted by Crippen LogP contribution is -2.00. The second-order valence-corrected chi connectivity index (χ2v) is 4.58. The molecule has 0 spiro atoms. The Morgan fingerprint density at radius 2 is 2.11 bits per heavy atom. The van der Waals surface area contributed by atoms with Crippen LogP contribution in [0.2, 0.25) is 0 Å². The van der Waals surface area contributed by atoms with Crippen LogP contribution in [0.4, 0.5) is 17.2 Å². The predicted molar refractivity (Wildman–Crippen MR) is 75.5 cm³/mol. The summed E-state index contributed by atoms with van der Waals surface area (Å²) in [5.74, 6) is 0.643. The first-order valence-corrected chi connectivity index (χ1v) is 6.09. The van der Waals surface area contributed by atoms with Gasteiger partial charge in [-0.3, -0.25) is 0 Å². The van der Waals surface area contributed by atoms with Gasteiger partial charge in [-0.05, 0) is 40.5 Å². The Bertz CT molecular complexity index is 631. The Morgan fingerprint density at radius 3 is 2.83 bits per heavy atom. The summed E-state index contributed by atoms with van der Waals surface area (Å²) in [4.78, 5) is 4.22. The largest absolute Gasteiger partial charge is 0.397 e.